The van der Waals surface area contributed by atoms with Crippen LogP contribution in [0.5, 0.6) is 5.75 Å². The molecule has 0 unspecified atom stereocenters. The van der Waals surface area contributed by atoms with Crippen molar-refractivity contribution in [2.75, 3.05) is 6.61 Å². The predicted octanol–water partition coefficient (Wildman–Crippen LogP) is 2.26. The van der Waals surface area contributed by atoms with Gasteiger partial charge in [-0.3, -0.25) is 14.9 Å². The van der Waals surface area contributed by atoms with E-state index in [9.17, 15) is 14.9 Å². The normalized spacial score (nSPS) is 9.88. The van der Waals surface area contributed by atoms with Crippen molar-refractivity contribution in [1.29, 1.82) is 0 Å². The van der Waals surface area contributed by atoms with E-state index in [1.807, 2.05) is 6.92 Å². The van der Waals surface area contributed by atoms with Crippen molar-refractivity contribution in [3.63, 3.8) is 0 Å². The topological polar surface area (TPSA) is 69.4 Å². The van der Waals surface area contributed by atoms with Gasteiger partial charge in [-0.2, -0.15) is 0 Å². The number of nitro benzene ring substituents is 1. The molecule has 0 radical (unpaired) electrons. The Bertz CT molecular complexity index is 414. The summed E-state index contributed by atoms with van der Waals surface area (Å²) in [5.41, 5.74) is 0.803. The lowest BCUT2D eigenvalue weighted by molar-refractivity contribution is -0.385. The maximum atomic E-state index is 10.7. The molecule has 0 spiro atoms. The molecular weight excluding hydrogens is 210 g/mol. The van der Waals surface area contributed by atoms with E-state index in [0.29, 0.717) is 0 Å². The summed E-state index contributed by atoms with van der Waals surface area (Å²) in [5.74, 6) is 0.210. The van der Waals surface area contributed by atoms with Crippen molar-refractivity contribution in [2.24, 2.45) is 0 Å². The van der Waals surface area contributed by atoms with Crippen LogP contribution in [0.2, 0.25) is 0 Å². The predicted molar refractivity (Wildman–Crippen MR) is 58.6 cm³/mol. The van der Waals surface area contributed by atoms with E-state index in [0.717, 1.165) is 5.56 Å². The first-order valence-electron chi connectivity index (χ1n) is 4.88. The fourth-order valence-electron chi connectivity index (χ4n) is 1.19. The Morgan fingerprint density at radius 3 is 2.75 bits per heavy atom. The molecule has 5 heteroatoms. The van der Waals surface area contributed by atoms with Crippen LogP contribution in [0.15, 0.2) is 18.2 Å². The van der Waals surface area contributed by atoms with Crippen LogP contribution in [0.25, 0.3) is 0 Å². The Balaban J connectivity index is 2.80. The quantitative estimate of drug-likeness (QED) is 0.567. The van der Waals surface area contributed by atoms with E-state index >= 15 is 0 Å². The summed E-state index contributed by atoms with van der Waals surface area (Å²) < 4.78 is 5.23. The molecule has 0 N–H and O–H groups in total. The van der Waals surface area contributed by atoms with Crippen molar-refractivity contribution >= 4 is 11.5 Å². The fourth-order valence-corrected chi connectivity index (χ4v) is 1.19. The molecule has 0 bridgehead atoms. The molecule has 86 valence electrons. The molecule has 16 heavy (non-hydrogen) atoms. The first-order chi connectivity index (χ1) is 7.50. The first kappa shape index (κ1) is 12.2. The zero-order valence-electron chi connectivity index (χ0n) is 9.23. The van der Waals surface area contributed by atoms with Crippen molar-refractivity contribution in [3.05, 3.63) is 33.9 Å². The lowest BCUT2D eigenvalue weighted by atomic mass is 10.2. The highest BCUT2D eigenvalue weighted by Gasteiger charge is 2.14. The first-order valence-corrected chi connectivity index (χ1v) is 4.88. The van der Waals surface area contributed by atoms with Gasteiger partial charge in [0.1, 0.15) is 5.78 Å². The van der Waals surface area contributed by atoms with Crippen molar-refractivity contribution in [3.8, 4) is 5.75 Å². The highest BCUT2D eigenvalue weighted by atomic mass is 16.6. The summed E-state index contributed by atoms with van der Waals surface area (Å²) in [4.78, 5) is 20.9. The Kier molecular flexibility index (Phi) is 3.99. The molecule has 1 rings (SSSR count). The number of carbonyl (C=O) groups excluding carboxylic acids is 1. The minimum absolute atomic E-state index is 0.00435. The Hall–Kier alpha value is -1.91. The molecule has 0 aromatic heterocycles. The number of hydrogen-bond donors (Lipinski definition) is 0. The van der Waals surface area contributed by atoms with E-state index in [-0.39, 0.29) is 30.2 Å². The van der Waals surface area contributed by atoms with Gasteiger partial charge in [0.05, 0.1) is 11.5 Å². The summed E-state index contributed by atoms with van der Waals surface area (Å²) in [5, 5.41) is 10.7. The number of Topliss-reactive ketones (excluding diaryl/α,β-unsaturated/α-hetero) is 1. The molecule has 0 fully saturated rings. The lowest BCUT2D eigenvalue weighted by Gasteiger charge is -2.06. The number of ether oxygens (including phenoxy) is 1. The molecule has 0 aliphatic carbocycles. The second-order valence-electron chi connectivity index (χ2n) is 3.53. The van der Waals surface area contributed by atoms with Gasteiger partial charge >= 0.3 is 5.69 Å². The van der Waals surface area contributed by atoms with Gasteiger partial charge in [0.15, 0.2) is 5.75 Å². The molecule has 0 atom stereocenters. The number of hydrogen-bond acceptors (Lipinski definition) is 4. The van der Waals surface area contributed by atoms with Gasteiger partial charge in [-0.25, -0.2) is 0 Å². The smallest absolute Gasteiger partial charge is 0.310 e. The third-order valence-corrected chi connectivity index (χ3v) is 2.02. The SMILES string of the molecule is CC(=O)CCOc1cc(C)ccc1[N+](=O)[O-]. The number of nitro groups is 1. The van der Waals surface area contributed by atoms with Crippen LogP contribution in [0.1, 0.15) is 18.9 Å². The molecule has 0 saturated heterocycles. The number of ketones is 1. The molecule has 1 aromatic rings. The standard InChI is InChI=1S/C11H13NO4/c1-8-3-4-10(12(14)15)11(7-8)16-6-5-9(2)13/h3-4,7H,5-6H2,1-2H3. The van der Waals surface area contributed by atoms with Crippen LogP contribution in [0, 0.1) is 17.0 Å². The minimum atomic E-state index is -0.497. The molecule has 0 aliphatic rings. The van der Waals surface area contributed by atoms with Crippen LogP contribution >= 0.6 is 0 Å². The highest BCUT2D eigenvalue weighted by molar-refractivity contribution is 5.75. The summed E-state index contributed by atoms with van der Waals surface area (Å²) in [7, 11) is 0. The number of nitrogens with zero attached hydrogens (tertiary/aromatic N) is 1. The van der Waals surface area contributed by atoms with Gasteiger partial charge in [0.2, 0.25) is 0 Å². The zero-order valence-corrected chi connectivity index (χ0v) is 9.23. The van der Waals surface area contributed by atoms with E-state index in [1.54, 1.807) is 12.1 Å². The summed E-state index contributed by atoms with van der Waals surface area (Å²) in [6.45, 7) is 3.44. The molecular formula is C11H13NO4. The number of carbonyl (C=O) groups is 1. The minimum Gasteiger partial charge on any atom is -0.486 e. The fraction of sp³-hybridized carbons (Fsp3) is 0.364. The third-order valence-electron chi connectivity index (χ3n) is 2.02. The Morgan fingerprint density at radius 1 is 1.50 bits per heavy atom. The average Bonchev–Trinajstić information content (AvgIpc) is 2.16. The largest absolute Gasteiger partial charge is 0.486 e. The lowest BCUT2D eigenvalue weighted by Crippen LogP contribution is -2.04. The highest BCUT2D eigenvalue weighted by Crippen LogP contribution is 2.27. The number of rotatable bonds is 5. The van der Waals surface area contributed by atoms with E-state index in [2.05, 4.69) is 0 Å². The van der Waals surface area contributed by atoms with E-state index < -0.39 is 4.92 Å². The molecule has 0 saturated carbocycles. The van der Waals surface area contributed by atoms with Gasteiger partial charge in [0, 0.05) is 12.5 Å². The molecule has 5 nitrogen and oxygen atoms in total. The van der Waals surface area contributed by atoms with Crippen molar-refractivity contribution < 1.29 is 14.5 Å². The summed E-state index contributed by atoms with van der Waals surface area (Å²) >= 11 is 0. The second-order valence-corrected chi connectivity index (χ2v) is 3.53. The van der Waals surface area contributed by atoms with Crippen LogP contribution in [0.4, 0.5) is 5.69 Å². The monoisotopic (exact) mass is 223 g/mol. The maximum absolute atomic E-state index is 10.7. The summed E-state index contributed by atoms with van der Waals surface area (Å²) in [6, 6.07) is 4.65. The van der Waals surface area contributed by atoms with Crippen LogP contribution in [-0.2, 0) is 4.79 Å². The van der Waals surface area contributed by atoms with Gasteiger partial charge in [-0.05, 0) is 25.5 Å². The average molecular weight is 223 g/mol. The van der Waals surface area contributed by atoms with Crippen LogP contribution in [0.3, 0.4) is 0 Å². The molecule has 1 aromatic carbocycles. The van der Waals surface area contributed by atoms with Crippen molar-refractivity contribution in [2.45, 2.75) is 20.3 Å². The molecule has 0 heterocycles. The maximum Gasteiger partial charge on any atom is 0.310 e. The Morgan fingerprint density at radius 2 is 2.19 bits per heavy atom. The van der Waals surface area contributed by atoms with Gasteiger partial charge in [-0.15, -0.1) is 0 Å². The van der Waals surface area contributed by atoms with E-state index in [1.165, 1.54) is 13.0 Å². The number of benzene rings is 1. The Labute approximate surface area is 93.2 Å². The van der Waals surface area contributed by atoms with Crippen molar-refractivity contribution in [1.82, 2.24) is 0 Å². The molecule has 0 aliphatic heterocycles. The van der Waals surface area contributed by atoms with E-state index in [4.69, 9.17) is 4.74 Å². The number of aryl methyl sites for hydroxylation is 1. The zero-order chi connectivity index (χ0) is 12.1. The van der Waals surface area contributed by atoms with Gasteiger partial charge in [-0.1, -0.05) is 6.07 Å². The third kappa shape index (κ3) is 3.34. The molecule has 0 amide bonds. The van der Waals surface area contributed by atoms with Crippen LogP contribution in [-0.4, -0.2) is 17.3 Å². The van der Waals surface area contributed by atoms with Gasteiger partial charge < -0.3 is 4.74 Å². The van der Waals surface area contributed by atoms with Crippen LogP contribution < -0.4 is 4.74 Å². The summed E-state index contributed by atoms with van der Waals surface area (Å²) in [6.07, 6.45) is 0.255. The van der Waals surface area contributed by atoms with Gasteiger partial charge in [0.25, 0.3) is 0 Å². The second kappa shape index (κ2) is 5.25.